The van der Waals surface area contributed by atoms with Gasteiger partial charge in [0.2, 0.25) is 5.91 Å². The van der Waals surface area contributed by atoms with Gasteiger partial charge < -0.3 is 15.2 Å². The minimum atomic E-state index is -0.541. The van der Waals surface area contributed by atoms with Gasteiger partial charge in [-0.1, -0.05) is 59.6 Å². The summed E-state index contributed by atoms with van der Waals surface area (Å²) in [6.07, 6.45) is 2.29. The van der Waals surface area contributed by atoms with Crippen molar-refractivity contribution in [3.05, 3.63) is 93.0 Å². The zero-order chi connectivity index (χ0) is 24.2. The second-order valence-corrected chi connectivity index (χ2v) is 9.23. The maximum atomic E-state index is 12.7. The summed E-state index contributed by atoms with van der Waals surface area (Å²) >= 11 is 12.4. The molecule has 0 aromatic heterocycles. The first-order valence-corrected chi connectivity index (χ1v) is 12.0. The van der Waals surface area contributed by atoms with Crippen LogP contribution in [0, 0.1) is 0 Å². The van der Waals surface area contributed by atoms with Crippen molar-refractivity contribution in [1.29, 1.82) is 0 Å². The Hall–Kier alpha value is -2.73. The van der Waals surface area contributed by atoms with Gasteiger partial charge in [0.1, 0.15) is 6.04 Å². The maximum Gasteiger partial charge on any atom is 0.239 e. The van der Waals surface area contributed by atoms with Crippen molar-refractivity contribution in [2.45, 2.75) is 31.3 Å². The molecule has 0 saturated heterocycles. The number of carbonyl (C=O) groups is 1. The molecule has 1 heterocycles. The highest BCUT2D eigenvalue weighted by atomic mass is 35.5. The lowest BCUT2D eigenvalue weighted by Gasteiger charge is -2.41. The Kier molecular flexibility index (Phi) is 7.67. The number of primary amides is 1. The van der Waals surface area contributed by atoms with E-state index in [1.807, 2.05) is 60.7 Å². The van der Waals surface area contributed by atoms with Gasteiger partial charge in [-0.05, 0) is 65.8 Å². The number of carbonyl (C=O) groups excluding carboxylic acids is 1. The first-order valence-electron chi connectivity index (χ1n) is 11.2. The van der Waals surface area contributed by atoms with E-state index in [0.717, 1.165) is 36.0 Å². The number of ether oxygens (including phenoxy) is 2. The minimum Gasteiger partial charge on any atom is -0.493 e. The van der Waals surface area contributed by atoms with Gasteiger partial charge in [0.05, 0.1) is 24.3 Å². The van der Waals surface area contributed by atoms with E-state index in [1.165, 1.54) is 5.56 Å². The third-order valence-corrected chi connectivity index (χ3v) is 7.19. The third kappa shape index (κ3) is 5.02. The van der Waals surface area contributed by atoms with Crippen molar-refractivity contribution < 1.29 is 14.3 Å². The lowest BCUT2D eigenvalue weighted by molar-refractivity contribution is -0.124. The first kappa shape index (κ1) is 24.4. The molecule has 0 radical (unpaired) electrons. The third-order valence-electron chi connectivity index (χ3n) is 6.45. The zero-order valence-corrected chi connectivity index (χ0v) is 20.8. The first-order chi connectivity index (χ1) is 16.4. The zero-order valence-electron chi connectivity index (χ0n) is 19.3. The molecule has 5 nitrogen and oxygen atoms in total. The number of halogens is 2. The van der Waals surface area contributed by atoms with E-state index in [4.69, 9.17) is 38.4 Å². The topological polar surface area (TPSA) is 64.8 Å². The average Bonchev–Trinajstić information content (AvgIpc) is 2.84. The van der Waals surface area contributed by atoms with Crippen LogP contribution in [0.25, 0.3) is 0 Å². The van der Waals surface area contributed by atoms with Gasteiger partial charge >= 0.3 is 0 Å². The molecule has 2 N–H and O–H groups in total. The van der Waals surface area contributed by atoms with E-state index in [0.29, 0.717) is 28.1 Å². The van der Waals surface area contributed by atoms with E-state index in [9.17, 15) is 4.79 Å². The van der Waals surface area contributed by atoms with Crippen LogP contribution in [-0.4, -0.2) is 31.6 Å². The molecule has 3 aromatic carbocycles. The van der Waals surface area contributed by atoms with Crippen LogP contribution < -0.4 is 15.2 Å². The Morgan fingerprint density at radius 2 is 1.74 bits per heavy atom. The number of methoxy groups -OCH3 is 2. The van der Waals surface area contributed by atoms with Crippen molar-refractivity contribution in [2.75, 3.05) is 20.8 Å². The van der Waals surface area contributed by atoms with Crippen LogP contribution in [0.3, 0.4) is 0 Å². The summed E-state index contributed by atoms with van der Waals surface area (Å²) < 4.78 is 11.1. The molecule has 34 heavy (non-hydrogen) atoms. The van der Waals surface area contributed by atoms with Crippen LogP contribution in [0.2, 0.25) is 10.0 Å². The summed E-state index contributed by atoms with van der Waals surface area (Å²) in [4.78, 5) is 15.0. The van der Waals surface area contributed by atoms with Crippen molar-refractivity contribution in [3.8, 4) is 11.5 Å². The Morgan fingerprint density at radius 3 is 2.38 bits per heavy atom. The smallest absolute Gasteiger partial charge is 0.239 e. The van der Waals surface area contributed by atoms with Crippen molar-refractivity contribution >= 4 is 29.1 Å². The van der Waals surface area contributed by atoms with Crippen LogP contribution in [-0.2, 0) is 17.6 Å². The number of nitrogens with zero attached hydrogens (tertiary/aromatic N) is 1. The fraction of sp³-hybridized carbons (Fsp3) is 0.296. The van der Waals surface area contributed by atoms with Crippen LogP contribution in [0.5, 0.6) is 11.5 Å². The maximum absolute atomic E-state index is 12.7. The molecule has 7 heteroatoms. The molecule has 1 aliphatic heterocycles. The van der Waals surface area contributed by atoms with Gasteiger partial charge in [-0.15, -0.1) is 0 Å². The lowest BCUT2D eigenvalue weighted by atomic mass is 9.86. The number of hydrogen-bond acceptors (Lipinski definition) is 4. The van der Waals surface area contributed by atoms with Crippen molar-refractivity contribution in [3.63, 3.8) is 0 Å². The molecule has 0 unspecified atom stereocenters. The van der Waals surface area contributed by atoms with Gasteiger partial charge in [-0.25, -0.2) is 0 Å². The van der Waals surface area contributed by atoms with Crippen LogP contribution in [0.1, 0.15) is 40.8 Å². The van der Waals surface area contributed by atoms with Gasteiger partial charge in [0.15, 0.2) is 11.5 Å². The van der Waals surface area contributed by atoms with Crippen LogP contribution in [0.15, 0.2) is 60.7 Å². The summed E-state index contributed by atoms with van der Waals surface area (Å²) in [6.45, 7) is 0.691. The number of benzene rings is 3. The Bertz CT molecular complexity index is 1170. The number of fused-ring (bicyclic) bond motifs is 1. The molecule has 0 fully saturated rings. The van der Waals surface area contributed by atoms with E-state index < -0.39 is 6.04 Å². The predicted octanol–water partition coefficient (Wildman–Crippen LogP) is 5.77. The minimum absolute atomic E-state index is 0.0595. The molecule has 0 spiro atoms. The highest BCUT2D eigenvalue weighted by Gasteiger charge is 2.36. The van der Waals surface area contributed by atoms with Crippen molar-refractivity contribution in [1.82, 2.24) is 4.90 Å². The number of nitrogens with two attached hydrogens (primary N) is 1. The van der Waals surface area contributed by atoms with Gasteiger partial charge in [-0.3, -0.25) is 9.69 Å². The highest BCUT2D eigenvalue weighted by molar-refractivity contribution is 6.42. The molecular formula is C27H28Cl2N2O3. The normalized spacial score (nSPS) is 16.5. The largest absolute Gasteiger partial charge is 0.493 e. The number of amides is 1. The average molecular weight is 499 g/mol. The van der Waals surface area contributed by atoms with E-state index in [2.05, 4.69) is 4.90 Å². The lowest BCUT2D eigenvalue weighted by Crippen LogP contribution is -2.44. The molecule has 4 rings (SSSR count). The molecule has 0 aliphatic carbocycles. The van der Waals surface area contributed by atoms with Gasteiger partial charge in [-0.2, -0.15) is 0 Å². The predicted molar refractivity (Wildman–Crippen MR) is 136 cm³/mol. The fourth-order valence-corrected chi connectivity index (χ4v) is 5.15. The van der Waals surface area contributed by atoms with Crippen LogP contribution in [0.4, 0.5) is 0 Å². The Balaban J connectivity index is 1.75. The van der Waals surface area contributed by atoms with E-state index in [1.54, 1.807) is 14.2 Å². The molecule has 2 atom stereocenters. The van der Waals surface area contributed by atoms with Crippen molar-refractivity contribution in [2.24, 2.45) is 5.73 Å². The summed E-state index contributed by atoms with van der Waals surface area (Å²) in [5.41, 5.74) is 10.2. The van der Waals surface area contributed by atoms with E-state index >= 15 is 0 Å². The summed E-state index contributed by atoms with van der Waals surface area (Å²) in [7, 11) is 3.27. The molecule has 1 aliphatic rings. The highest BCUT2D eigenvalue weighted by Crippen LogP contribution is 2.43. The second-order valence-electron chi connectivity index (χ2n) is 8.41. The SMILES string of the molecule is COc1cc2c(cc1OC)[C@H](CCc1ccc(Cl)c(Cl)c1)N([C@@H](C(N)=O)c1ccccc1)CC2. The number of hydrogen-bond donors (Lipinski definition) is 1. The summed E-state index contributed by atoms with van der Waals surface area (Å²) in [5, 5.41) is 1.07. The quantitative estimate of drug-likeness (QED) is 0.428. The Morgan fingerprint density at radius 1 is 1.03 bits per heavy atom. The Labute approximate surface area is 210 Å². The molecule has 3 aromatic rings. The number of aryl methyl sites for hydroxylation is 1. The molecular weight excluding hydrogens is 471 g/mol. The fourth-order valence-electron chi connectivity index (χ4n) is 4.83. The molecule has 0 bridgehead atoms. The summed E-state index contributed by atoms with van der Waals surface area (Å²) in [5.74, 6) is 1.00. The molecule has 178 valence electrons. The van der Waals surface area contributed by atoms with Crippen LogP contribution >= 0.6 is 23.2 Å². The van der Waals surface area contributed by atoms with Gasteiger partial charge in [0.25, 0.3) is 0 Å². The second kappa shape index (κ2) is 10.7. The molecule has 1 amide bonds. The van der Waals surface area contributed by atoms with E-state index in [-0.39, 0.29) is 11.9 Å². The standard InChI is InChI=1S/C27H28Cl2N2O3/c1-33-24-15-19-12-13-31(26(27(30)32)18-6-4-3-5-7-18)23(20(19)16-25(24)34-2)11-9-17-8-10-21(28)22(29)14-17/h3-8,10,14-16,23,26H,9,11-13H2,1-2H3,(H2,30,32)/t23-,26+/m0/s1. The monoisotopic (exact) mass is 498 g/mol. The van der Waals surface area contributed by atoms with Gasteiger partial charge in [0, 0.05) is 12.6 Å². The summed E-state index contributed by atoms with van der Waals surface area (Å²) in [6, 6.07) is 18.9. The molecule has 0 saturated carbocycles. The number of rotatable bonds is 8.